The van der Waals surface area contributed by atoms with E-state index in [0.29, 0.717) is 17.3 Å². The highest BCUT2D eigenvalue weighted by Gasteiger charge is 2.21. The van der Waals surface area contributed by atoms with Gasteiger partial charge in [-0.25, -0.2) is 9.78 Å². The molecule has 0 saturated heterocycles. The first kappa shape index (κ1) is 18.6. The molecule has 7 nitrogen and oxygen atoms in total. The number of hydrogen-bond acceptors (Lipinski definition) is 4. The number of carboxylic acids is 1. The largest absolute Gasteiger partial charge is 0.480 e. The van der Waals surface area contributed by atoms with Gasteiger partial charge in [-0.1, -0.05) is 26.0 Å². The van der Waals surface area contributed by atoms with Crippen LogP contribution >= 0.6 is 0 Å². The van der Waals surface area contributed by atoms with Crippen molar-refractivity contribution < 1.29 is 14.7 Å². The number of nitrogens with one attached hydrogen (secondary N) is 1. The highest BCUT2D eigenvalue weighted by Crippen LogP contribution is 2.11. The topological polar surface area (TPSA) is 101 Å². The normalized spacial score (nSPS) is 12.3. The summed E-state index contributed by atoms with van der Waals surface area (Å²) in [5.74, 6) is -1.30. The molecule has 0 fully saturated rings. The van der Waals surface area contributed by atoms with E-state index in [0.717, 1.165) is 5.56 Å². The Balaban J connectivity index is 2.07. The molecule has 0 bridgehead atoms. The molecule has 0 aliphatic rings. The average Bonchev–Trinajstić information content (AvgIpc) is 2.54. The van der Waals surface area contributed by atoms with Crippen molar-refractivity contribution in [2.75, 3.05) is 0 Å². The van der Waals surface area contributed by atoms with E-state index >= 15 is 0 Å². The van der Waals surface area contributed by atoms with Crippen molar-refractivity contribution in [2.24, 2.45) is 5.92 Å². The monoisotopic (exact) mass is 345 g/mol. The first-order valence-corrected chi connectivity index (χ1v) is 8.26. The first-order valence-electron chi connectivity index (χ1n) is 8.26. The lowest BCUT2D eigenvalue weighted by molar-refractivity contribution is -0.142. The number of nitrogens with zero attached hydrogens (tertiary/aromatic N) is 2. The number of carbonyl (C=O) groups is 2. The van der Waals surface area contributed by atoms with Gasteiger partial charge in [-0.05, 0) is 30.9 Å². The SMILES string of the molecule is Cc1cccc2c(=O)n(CCC(=O)NC(CC(C)C)C(=O)O)cnc12. The van der Waals surface area contributed by atoms with Crippen LogP contribution in [0.2, 0.25) is 0 Å². The maximum Gasteiger partial charge on any atom is 0.326 e. The number of rotatable bonds is 7. The number of aromatic nitrogens is 2. The zero-order valence-electron chi connectivity index (χ0n) is 14.7. The number of amides is 1. The van der Waals surface area contributed by atoms with Gasteiger partial charge in [0.25, 0.3) is 5.56 Å². The smallest absolute Gasteiger partial charge is 0.326 e. The van der Waals surface area contributed by atoms with E-state index in [1.54, 1.807) is 12.1 Å². The summed E-state index contributed by atoms with van der Waals surface area (Å²) < 4.78 is 1.37. The highest BCUT2D eigenvalue weighted by molar-refractivity contribution is 5.83. The third kappa shape index (κ3) is 4.65. The van der Waals surface area contributed by atoms with Gasteiger partial charge in [0.05, 0.1) is 17.2 Å². The Morgan fingerprint density at radius 2 is 2.04 bits per heavy atom. The summed E-state index contributed by atoms with van der Waals surface area (Å²) in [7, 11) is 0. The van der Waals surface area contributed by atoms with Gasteiger partial charge < -0.3 is 10.4 Å². The molecule has 0 radical (unpaired) electrons. The molecule has 1 amide bonds. The average molecular weight is 345 g/mol. The van der Waals surface area contributed by atoms with Crippen molar-refractivity contribution in [3.05, 3.63) is 40.4 Å². The fraction of sp³-hybridized carbons (Fsp3) is 0.444. The molecular formula is C18H23N3O4. The Morgan fingerprint density at radius 1 is 1.32 bits per heavy atom. The third-order valence-electron chi connectivity index (χ3n) is 3.98. The zero-order valence-corrected chi connectivity index (χ0v) is 14.7. The lowest BCUT2D eigenvalue weighted by Crippen LogP contribution is -2.42. The molecule has 25 heavy (non-hydrogen) atoms. The number of carbonyl (C=O) groups excluding carboxylic acids is 1. The van der Waals surface area contributed by atoms with Crippen LogP contribution in [0.4, 0.5) is 0 Å². The Kier molecular flexibility index (Phi) is 5.90. The fourth-order valence-electron chi connectivity index (χ4n) is 2.68. The van der Waals surface area contributed by atoms with E-state index in [-0.39, 0.29) is 24.4 Å². The Hall–Kier alpha value is -2.70. The minimum Gasteiger partial charge on any atom is -0.480 e. The Bertz CT molecular complexity index is 842. The number of aryl methyl sites for hydroxylation is 2. The van der Waals surface area contributed by atoms with E-state index < -0.39 is 17.9 Å². The second-order valence-electron chi connectivity index (χ2n) is 6.55. The van der Waals surface area contributed by atoms with Gasteiger partial charge in [-0.15, -0.1) is 0 Å². The summed E-state index contributed by atoms with van der Waals surface area (Å²) in [5.41, 5.74) is 1.35. The quantitative estimate of drug-likeness (QED) is 0.795. The van der Waals surface area contributed by atoms with Gasteiger partial charge in [0.15, 0.2) is 0 Å². The van der Waals surface area contributed by atoms with Crippen LogP contribution in [0, 0.1) is 12.8 Å². The Morgan fingerprint density at radius 3 is 2.68 bits per heavy atom. The number of hydrogen-bond donors (Lipinski definition) is 2. The van der Waals surface area contributed by atoms with Gasteiger partial charge >= 0.3 is 5.97 Å². The maximum absolute atomic E-state index is 12.5. The molecule has 1 atom stereocenters. The number of carboxylic acid groups (broad SMARTS) is 1. The predicted octanol–water partition coefficient (Wildman–Crippen LogP) is 1.71. The van der Waals surface area contributed by atoms with Gasteiger partial charge in [0.2, 0.25) is 5.91 Å². The molecule has 2 N–H and O–H groups in total. The summed E-state index contributed by atoms with van der Waals surface area (Å²) in [4.78, 5) is 40.0. The molecule has 1 aromatic heterocycles. The molecule has 1 aromatic carbocycles. The summed E-state index contributed by atoms with van der Waals surface area (Å²) >= 11 is 0. The molecular weight excluding hydrogens is 322 g/mol. The summed E-state index contributed by atoms with van der Waals surface area (Å²) in [6.07, 6.45) is 1.80. The lowest BCUT2D eigenvalue weighted by Gasteiger charge is -2.16. The molecule has 1 heterocycles. The van der Waals surface area contributed by atoms with Crippen LogP contribution in [0.15, 0.2) is 29.3 Å². The summed E-state index contributed by atoms with van der Waals surface area (Å²) in [6.45, 7) is 5.82. The zero-order chi connectivity index (χ0) is 18.6. The van der Waals surface area contributed by atoms with E-state index in [2.05, 4.69) is 10.3 Å². The van der Waals surface area contributed by atoms with Gasteiger partial charge in [0, 0.05) is 13.0 Å². The molecule has 1 unspecified atom stereocenters. The molecule has 0 spiro atoms. The van der Waals surface area contributed by atoms with Crippen LogP contribution in [0.3, 0.4) is 0 Å². The van der Waals surface area contributed by atoms with Crippen molar-refractivity contribution in [3.8, 4) is 0 Å². The van der Waals surface area contributed by atoms with Crippen LogP contribution < -0.4 is 10.9 Å². The van der Waals surface area contributed by atoms with E-state index in [1.165, 1.54) is 10.9 Å². The van der Waals surface area contributed by atoms with Crippen LogP contribution in [-0.2, 0) is 16.1 Å². The van der Waals surface area contributed by atoms with E-state index in [9.17, 15) is 14.4 Å². The molecule has 134 valence electrons. The van der Waals surface area contributed by atoms with Gasteiger partial charge in [-0.3, -0.25) is 14.2 Å². The number of benzene rings is 1. The van der Waals surface area contributed by atoms with Crippen molar-refractivity contribution in [1.82, 2.24) is 14.9 Å². The van der Waals surface area contributed by atoms with Crippen molar-refractivity contribution in [2.45, 2.75) is 46.2 Å². The molecule has 0 aliphatic carbocycles. The maximum atomic E-state index is 12.5. The molecule has 7 heteroatoms. The second kappa shape index (κ2) is 7.92. The molecule has 0 aliphatic heterocycles. The van der Waals surface area contributed by atoms with E-state index in [4.69, 9.17) is 5.11 Å². The molecule has 2 aromatic rings. The van der Waals surface area contributed by atoms with Crippen molar-refractivity contribution >= 4 is 22.8 Å². The van der Waals surface area contributed by atoms with Gasteiger partial charge in [0.1, 0.15) is 6.04 Å². The molecule has 2 rings (SSSR count). The first-order chi connectivity index (χ1) is 11.8. The number of fused-ring (bicyclic) bond motifs is 1. The lowest BCUT2D eigenvalue weighted by atomic mass is 10.0. The molecule has 0 saturated carbocycles. The predicted molar refractivity (Wildman–Crippen MR) is 94.4 cm³/mol. The highest BCUT2D eigenvalue weighted by atomic mass is 16.4. The minimum absolute atomic E-state index is 0.0147. The van der Waals surface area contributed by atoms with Crippen LogP contribution in [0.5, 0.6) is 0 Å². The van der Waals surface area contributed by atoms with Crippen LogP contribution in [0.1, 0.15) is 32.3 Å². The van der Waals surface area contributed by atoms with Crippen molar-refractivity contribution in [1.29, 1.82) is 0 Å². The second-order valence-corrected chi connectivity index (χ2v) is 6.55. The minimum atomic E-state index is -1.05. The van der Waals surface area contributed by atoms with E-state index in [1.807, 2.05) is 26.8 Å². The fourth-order valence-corrected chi connectivity index (χ4v) is 2.68. The number of para-hydroxylation sites is 1. The number of aliphatic carboxylic acids is 1. The Labute approximate surface area is 145 Å². The van der Waals surface area contributed by atoms with Gasteiger partial charge in [-0.2, -0.15) is 0 Å². The van der Waals surface area contributed by atoms with Crippen LogP contribution in [-0.4, -0.2) is 32.6 Å². The summed E-state index contributed by atoms with van der Waals surface area (Å²) in [5, 5.41) is 12.2. The van der Waals surface area contributed by atoms with Crippen LogP contribution in [0.25, 0.3) is 10.9 Å². The third-order valence-corrected chi connectivity index (χ3v) is 3.98. The standard InChI is InChI=1S/C18H23N3O4/c1-11(2)9-14(18(24)25)20-15(22)7-8-21-10-19-16-12(3)5-4-6-13(16)17(21)23/h4-6,10-11,14H,7-9H2,1-3H3,(H,20,22)(H,24,25). The summed E-state index contributed by atoms with van der Waals surface area (Å²) in [6, 6.07) is 4.47. The van der Waals surface area contributed by atoms with Crippen molar-refractivity contribution in [3.63, 3.8) is 0 Å².